The number of benzene rings is 1. The third kappa shape index (κ3) is 5.82. The third-order valence-corrected chi connectivity index (χ3v) is 6.05. The number of anilines is 1. The summed E-state index contributed by atoms with van der Waals surface area (Å²) in [5, 5.41) is 10.0. The highest BCUT2D eigenvalue weighted by Crippen LogP contribution is 2.22. The van der Waals surface area contributed by atoms with Gasteiger partial charge in [0.25, 0.3) is 10.0 Å². The van der Waals surface area contributed by atoms with Crippen LogP contribution in [0.1, 0.15) is 32.8 Å². The minimum atomic E-state index is -3.79. The van der Waals surface area contributed by atoms with Gasteiger partial charge in [-0.15, -0.1) is 10.2 Å². The number of aryl methyl sites for hydroxylation is 1. The van der Waals surface area contributed by atoms with Gasteiger partial charge in [-0.3, -0.25) is 4.79 Å². The molecule has 1 aromatic carbocycles. The molecule has 0 spiro atoms. The Hall–Kier alpha value is -1.91. The highest BCUT2D eigenvalue weighted by atomic mass is 32.2. The van der Waals surface area contributed by atoms with E-state index in [-0.39, 0.29) is 27.7 Å². The first-order chi connectivity index (χ1) is 12.1. The van der Waals surface area contributed by atoms with Gasteiger partial charge in [0.15, 0.2) is 0 Å². The molecule has 0 aliphatic rings. The molecular formula is C16H21FN4O3S2. The Bertz CT molecular complexity index is 858. The number of nitrogens with one attached hydrogen (secondary N) is 2. The summed E-state index contributed by atoms with van der Waals surface area (Å²) in [4.78, 5) is 11.9. The summed E-state index contributed by atoms with van der Waals surface area (Å²) in [6.45, 7) is 5.43. The van der Waals surface area contributed by atoms with Crippen LogP contribution in [0.2, 0.25) is 0 Å². The van der Waals surface area contributed by atoms with E-state index >= 15 is 0 Å². The molecule has 142 valence electrons. The smallest absolute Gasteiger partial charge is 0.269 e. The van der Waals surface area contributed by atoms with Gasteiger partial charge in [-0.1, -0.05) is 44.2 Å². The lowest BCUT2D eigenvalue weighted by atomic mass is 9.96. The standard InChI is InChI=1S/C16H21FN4O3S2/c1-16(2,3)13(22)19-14-20-21-15(25-14)26(23,24)18-10-4-5-11-6-8-12(17)9-7-11/h6-9,18H,4-5,10H2,1-3H3,(H,19,20,22). The first kappa shape index (κ1) is 20.4. The van der Waals surface area contributed by atoms with Crippen molar-refractivity contribution in [3.8, 4) is 0 Å². The molecule has 0 unspecified atom stereocenters. The Morgan fingerprint density at radius 3 is 2.46 bits per heavy atom. The maximum absolute atomic E-state index is 12.8. The monoisotopic (exact) mass is 400 g/mol. The van der Waals surface area contributed by atoms with Crippen LogP contribution in [-0.2, 0) is 21.2 Å². The number of hydrogen-bond donors (Lipinski definition) is 2. The van der Waals surface area contributed by atoms with Crippen LogP contribution in [-0.4, -0.2) is 31.1 Å². The molecule has 0 saturated carbocycles. The number of rotatable bonds is 7. The molecule has 0 aliphatic heterocycles. The summed E-state index contributed by atoms with van der Waals surface area (Å²) in [5.41, 5.74) is 0.303. The second kappa shape index (κ2) is 8.19. The Balaban J connectivity index is 1.87. The quantitative estimate of drug-likeness (QED) is 0.549. The molecule has 0 bridgehead atoms. The highest BCUT2D eigenvalue weighted by Gasteiger charge is 2.24. The number of aromatic nitrogens is 2. The maximum Gasteiger partial charge on any atom is 0.269 e. The molecule has 10 heteroatoms. The van der Waals surface area contributed by atoms with Gasteiger partial charge in [-0.25, -0.2) is 17.5 Å². The van der Waals surface area contributed by atoms with Gasteiger partial charge >= 0.3 is 0 Å². The molecule has 26 heavy (non-hydrogen) atoms. The van der Waals surface area contributed by atoms with E-state index in [0.717, 1.165) is 16.9 Å². The van der Waals surface area contributed by atoms with Gasteiger partial charge in [0.2, 0.25) is 15.4 Å². The van der Waals surface area contributed by atoms with E-state index in [1.165, 1.54) is 12.1 Å². The van der Waals surface area contributed by atoms with Crippen molar-refractivity contribution in [1.82, 2.24) is 14.9 Å². The lowest BCUT2D eigenvalue weighted by Crippen LogP contribution is -2.27. The van der Waals surface area contributed by atoms with Crippen molar-refractivity contribution in [2.24, 2.45) is 5.41 Å². The van der Waals surface area contributed by atoms with E-state index in [1.54, 1.807) is 32.9 Å². The van der Waals surface area contributed by atoms with Gasteiger partial charge in [-0.05, 0) is 30.5 Å². The fourth-order valence-electron chi connectivity index (χ4n) is 1.87. The van der Waals surface area contributed by atoms with E-state index in [2.05, 4.69) is 20.2 Å². The Labute approximate surface area is 156 Å². The number of hydrogen-bond acceptors (Lipinski definition) is 6. The lowest BCUT2D eigenvalue weighted by molar-refractivity contribution is -0.123. The number of sulfonamides is 1. The second-order valence-corrected chi connectivity index (χ2v) is 9.62. The Morgan fingerprint density at radius 2 is 1.85 bits per heavy atom. The van der Waals surface area contributed by atoms with Crippen LogP contribution in [0.25, 0.3) is 0 Å². The normalized spacial score (nSPS) is 12.2. The zero-order valence-corrected chi connectivity index (χ0v) is 16.4. The van der Waals surface area contributed by atoms with Crippen molar-refractivity contribution >= 4 is 32.4 Å². The van der Waals surface area contributed by atoms with Gasteiger partial charge in [0.05, 0.1) is 0 Å². The second-order valence-electron chi connectivity index (χ2n) is 6.71. The van der Waals surface area contributed by atoms with Crippen LogP contribution in [0.4, 0.5) is 9.52 Å². The fourth-order valence-corrected chi connectivity index (χ4v) is 3.88. The summed E-state index contributed by atoms with van der Waals surface area (Å²) >= 11 is 0.794. The van der Waals surface area contributed by atoms with E-state index in [9.17, 15) is 17.6 Å². The first-order valence-corrected chi connectivity index (χ1v) is 10.3. The average molecular weight is 401 g/mol. The Morgan fingerprint density at radius 1 is 1.19 bits per heavy atom. The zero-order valence-electron chi connectivity index (χ0n) is 14.7. The number of carbonyl (C=O) groups is 1. The van der Waals surface area contributed by atoms with Gasteiger partial charge in [-0.2, -0.15) is 0 Å². The van der Waals surface area contributed by atoms with Crippen LogP contribution < -0.4 is 10.0 Å². The fraction of sp³-hybridized carbons (Fsp3) is 0.438. The predicted molar refractivity (Wildman–Crippen MR) is 97.9 cm³/mol. The van der Waals surface area contributed by atoms with Crippen LogP contribution in [0.3, 0.4) is 0 Å². The largest absolute Gasteiger partial charge is 0.300 e. The minimum Gasteiger partial charge on any atom is -0.300 e. The molecule has 0 aliphatic carbocycles. The van der Waals surface area contributed by atoms with Crippen LogP contribution in [0.15, 0.2) is 28.6 Å². The van der Waals surface area contributed by atoms with E-state index in [0.29, 0.717) is 12.8 Å². The van der Waals surface area contributed by atoms with Crippen molar-refractivity contribution in [2.75, 3.05) is 11.9 Å². The van der Waals surface area contributed by atoms with Crippen LogP contribution in [0.5, 0.6) is 0 Å². The lowest BCUT2D eigenvalue weighted by Gasteiger charge is -2.15. The van der Waals surface area contributed by atoms with Crippen molar-refractivity contribution in [3.63, 3.8) is 0 Å². The molecule has 7 nitrogen and oxygen atoms in total. The first-order valence-electron chi connectivity index (χ1n) is 7.97. The maximum atomic E-state index is 12.8. The number of nitrogens with zero attached hydrogens (tertiary/aromatic N) is 2. The number of carbonyl (C=O) groups excluding carboxylic acids is 1. The van der Waals surface area contributed by atoms with Gasteiger partial charge in [0.1, 0.15) is 5.82 Å². The summed E-state index contributed by atoms with van der Waals surface area (Å²) in [6, 6.07) is 6.07. The van der Waals surface area contributed by atoms with E-state index < -0.39 is 15.4 Å². The molecular weight excluding hydrogens is 379 g/mol. The van der Waals surface area contributed by atoms with Crippen molar-refractivity contribution < 1.29 is 17.6 Å². The van der Waals surface area contributed by atoms with Gasteiger partial charge < -0.3 is 5.32 Å². The molecule has 0 fully saturated rings. The number of amides is 1. The number of halogens is 1. The van der Waals surface area contributed by atoms with Crippen molar-refractivity contribution in [1.29, 1.82) is 0 Å². The molecule has 2 N–H and O–H groups in total. The topological polar surface area (TPSA) is 101 Å². The summed E-state index contributed by atoms with van der Waals surface area (Å²) in [6.07, 6.45) is 1.17. The molecule has 0 saturated heterocycles. The van der Waals surface area contributed by atoms with Crippen molar-refractivity contribution in [2.45, 2.75) is 38.0 Å². The molecule has 1 amide bonds. The zero-order chi connectivity index (χ0) is 19.4. The summed E-state index contributed by atoms with van der Waals surface area (Å²) in [7, 11) is -3.79. The van der Waals surface area contributed by atoms with E-state index in [1.807, 2.05) is 0 Å². The molecule has 1 heterocycles. The van der Waals surface area contributed by atoms with E-state index in [4.69, 9.17) is 0 Å². The van der Waals surface area contributed by atoms with Crippen LogP contribution >= 0.6 is 11.3 Å². The molecule has 2 rings (SSSR count). The Kier molecular flexibility index (Phi) is 6.43. The molecule has 2 aromatic rings. The van der Waals surface area contributed by atoms with Crippen LogP contribution in [0, 0.1) is 11.2 Å². The predicted octanol–water partition coefficient (Wildman–Crippen LogP) is 2.57. The van der Waals surface area contributed by atoms with Crippen molar-refractivity contribution in [3.05, 3.63) is 35.6 Å². The summed E-state index contributed by atoms with van der Waals surface area (Å²) in [5.74, 6) is -0.579. The summed E-state index contributed by atoms with van der Waals surface area (Å²) < 4.78 is 39.5. The minimum absolute atomic E-state index is 0.136. The third-order valence-electron chi connectivity index (χ3n) is 3.39. The SMILES string of the molecule is CC(C)(C)C(=O)Nc1nnc(S(=O)(=O)NCCCc2ccc(F)cc2)s1. The van der Waals surface area contributed by atoms with Gasteiger partial charge in [0, 0.05) is 12.0 Å². The average Bonchev–Trinajstić information content (AvgIpc) is 3.02. The molecule has 0 atom stereocenters. The molecule has 0 radical (unpaired) electrons. The highest BCUT2D eigenvalue weighted by molar-refractivity contribution is 7.91. The molecule has 1 aromatic heterocycles.